The molecule has 1 fully saturated rings. The minimum atomic E-state index is -0.358. The summed E-state index contributed by atoms with van der Waals surface area (Å²) in [5, 5.41) is 1.99. The third-order valence-corrected chi connectivity index (χ3v) is 6.63. The molecule has 7 heteroatoms. The van der Waals surface area contributed by atoms with Gasteiger partial charge in [-0.05, 0) is 76.1 Å². The Morgan fingerprint density at radius 2 is 1.50 bits per heavy atom. The molecule has 2 amide bonds. The van der Waals surface area contributed by atoms with Crippen LogP contribution in [0.4, 0.5) is 9.18 Å². The summed E-state index contributed by atoms with van der Waals surface area (Å²) >= 11 is 0.900. The molecular formula is C29H22FNO4S. The number of imide groups is 1. The summed E-state index contributed by atoms with van der Waals surface area (Å²) in [6.45, 7) is 0.680. The Labute approximate surface area is 212 Å². The van der Waals surface area contributed by atoms with E-state index in [9.17, 15) is 14.0 Å². The number of carbonyl (C=O) groups is 2. The minimum Gasteiger partial charge on any atom is -0.492 e. The molecule has 0 atom stereocenters. The molecule has 36 heavy (non-hydrogen) atoms. The summed E-state index contributed by atoms with van der Waals surface area (Å²) in [4.78, 5) is 26.6. The molecule has 1 aliphatic heterocycles. The Kier molecular flexibility index (Phi) is 7.00. The number of benzene rings is 4. The number of halogens is 1. The van der Waals surface area contributed by atoms with Crippen LogP contribution in [0.25, 0.3) is 16.8 Å². The van der Waals surface area contributed by atoms with Crippen LogP contribution in [0.1, 0.15) is 11.1 Å². The smallest absolute Gasteiger partial charge is 0.293 e. The first-order valence-electron chi connectivity index (χ1n) is 11.4. The maximum atomic E-state index is 13.0. The van der Waals surface area contributed by atoms with Crippen LogP contribution in [0, 0.1) is 5.82 Å². The zero-order valence-electron chi connectivity index (χ0n) is 19.2. The van der Waals surface area contributed by atoms with E-state index in [4.69, 9.17) is 9.47 Å². The summed E-state index contributed by atoms with van der Waals surface area (Å²) in [7, 11) is 0. The highest BCUT2D eigenvalue weighted by Crippen LogP contribution is 2.32. The molecule has 180 valence electrons. The monoisotopic (exact) mass is 499 g/mol. The van der Waals surface area contributed by atoms with E-state index in [0.717, 1.165) is 33.2 Å². The third kappa shape index (κ3) is 5.42. The van der Waals surface area contributed by atoms with Gasteiger partial charge >= 0.3 is 0 Å². The first-order valence-corrected chi connectivity index (χ1v) is 12.2. The summed E-state index contributed by atoms with van der Waals surface area (Å²) < 4.78 is 24.5. The number of amides is 2. The van der Waals surface area contributed by atoms with Gasteiger partial charge < -0.3 is 9.47 Å². The lowest BCUT2D eigenvalue weighted by molar-refractivity contribution is -0.123. The molecule has 1 heterocycles. The Hall–Kier alpha value is -4.10. The van der Waals surface area contributed by atoms with Crippen molar-refractivity contribution in [1.82, 2.24) is 4.90 Å². The molecule has 0 N–H and O–H groups in total. The number of carbonyl (C=O) groups excluding carboxylic acids is 2. The van der Waals surface area contributed by atoms with Gasteiger partial charge in [-0.3, -0.25) is 14.5 Å². The van der Waals surface area contributed by atoms with Crippen molar-refractivity contribution in [3.8, 4) is 11.5 Å². The SMILES string of the molecule is O=C1S/C(=C\c2ccc(OCc3cccc4ccccc34)cc2)C(=O)N1CCOc1ccc(F)cc1. The van der Waals surface area contributed by atoms with Crippen LogP contribution in [-0.2, 0) is 11.4 Å². The van der Waals surface area contributed by atoms with E-state index in [0.29, 0.717) is 23.0 Å². The van der Waals surface area contributed by atoms with Gasteiger partial charge in [0.2, 0.25) is 0 Å². The third-order valence-electron chi connectivity index (χ3n) is 5.72. The van der Waals surface area contributed by atoms with Gasteiger partial charge in [0.15, 0.2) is 0 Å². The molecule has 0 radical (unpaired) electrons. The number of nitrogens with zero attached hydrogens (tertiary/aromatic N) is 1. The standard InChI is InChI=1S/C29H22FNO4S/c30-23-10-14-24(15-11-23)34-17-16-31-28(32)27(36-29(31)33)18-20-8-12-25(13-9-20)35-19-22-6-3-5-21-4-1-2-7-26(21)22/h1-15,18H,16-17,19H2/b27-18-. The van der Waals surface area contributed by atoms with Crippen molar-refractivity contribution < 1.29 is 23.5 Å². The van der Waals surface area contributed by atoms with E-state index in [1.807, 2.05) is 42.5 Å². The predicted octanol–water partition coefficient (Wildman–Crippen LogP) is 6.67. The van der Waals surface area contributed by atoms with Crippen molar-refractivity contribution in [3.05, 3.63) is 113 Å². The molecule has 0 unspecified atom stereocenters. The van der Waals surface area contributed by atoms with E-state index in [2.05, 4.69) is 24.3 Å². The molecule has 4 aromatic carbocycles. The van der Waals surface area contributed by atoms with E-state index in [-0.39, 0.29) is 30.1 Å². The number of ether oxygens (including phenoxy) is 2. The maximum absolute atomic E-state index is 13.0. The van der Waals surface area contributed by atoms with Crippen LogP contribution in [0.15, 0.2) is 95.9 Å². The van der Waals surface area contributed by atoms with Crippen molar-refractivity contribution in [2.24, 2.45) is 0 Å². The minimum absolute atomic E-state index is 0.111. The molecule has 0 bridgehead atoms. The fraction of sp³-hybridized carbons (Fsp3) is 0.103. The number of thioether (sulfide) groups is 1. The number of hydrogen-bond acceptors (Lipinski definition) is 5. The first kappa shape index (κ1) is 23.6. The normalized spacial score (nSPS) is 14.6. The lowest BCUT2D eigenvalue weighted by Gasteiger charge is -2.13. The molecule has 0 aliphatic carbocycles. The van der Waals surface area contributed by atoms with Crippen LogP contribution < -0.4 is 9.47 Å². The topological polar surface area (TPSA) is 55.8 Å². The van der Waals surface area contributed by atoms with Crippen LogP contribution >= 0.6 is 11.8 Å². The lowest BCUT2D eigenvalue weighted by Crippen LogP contribution is -2.32. The van der Waals surface area contributed by atoms with Gasteiger partial charge in [-0.2, -0.15) is 0 Å². The van der Waals surface area contributed by atoms with Gasteiger partial charge in [0.1, 0.15) is 30.5 Å². The van der Waals surface area contributed by atoms with E-state index in [1.165, 1.54) is 29.7 Å². The van der Waals surface area contributed by atoms with Crippen molar-refractivity contribution >= 4 is 39.8 Å². The zero-order valence-corrected chi connectivity index (χ0v) is 20.0. The Bertz CT molecular complexity index is 1430. The molecule has 0 aromatic heterocycles. The predicted molar refractivity (Wildman–Crippen MR) is 139 cm³/mol. The van der Waals surface area contributed by atoms with E-state index < -0.39 is 0 Å². The number of rotatable bonds is 8. The summed E-state index contributed by atoms with van der Waals surface area (Å²) in [5.74, 6) is 0.472. The highest BCUT2D eigenvalue weighted by molar-refractivity contribution is 8.18. The van der Waals surface area contributed by atoms with Gasteiger partial charge in [0.05, 0.1) is 11.4 Å². The zero-order chi connectivity index (χ0) is 24.9. The van der Waals surface area contributed by atoms with Gasteiger partial charge in [-0.25, -0.2) is 4.39 Å². The largest absolute Gasteiger partial charge is 0.492 e. The Balaban J connectivity index is 1.18. The quantitative estimate of drug-likeness (QED) is 0.253. The molecule has 0 saturated carbocycles. The molecular weight excluding hydrogens is 477 g/mol. The fourth-order valence-electron chi connectivity index (χ4n) is 3.87. The maximum Gasteiger partial charge on any atom is 0.293 e. The van der Waals surface area contributed by atoms with Gasteiger partial charge in [-0.1, -0.05) is 54.6 Å². The number of fused-ring (bicyclic) bond motifs is 1. The van der Waals surface area contributed by atoms with Gasteiger partial charge in [-0.15, -0.1) is 0 Å². The fourth-order valence-corrected chi connectivity index (χ4v) is 4.73. The van der Waals surface area contributed by atoms with Crippen LogP contribution in [0.5, 0.6) is 11.5 Å². The molecule has 4 aromatic rings. The summed E-state index contributed by atoms with van der Waals surface area (Å²) in [6.07, 6.45) is 1.69. The van der Waals surface area contributed by atoms with Crippen LogP contribution in [0.2, 0.25) is 0 Å². The van der Waals surface area contributed by atoms with Crippen LogP contribution in [0.3, 0.4) is 0 Å². The summed E-state index contributed by atoms with van der Waals surface area (Å²) in [6, 6.07) is 27.3. The van der Waals surface area contributed by atoms with E-state index >= 15 is 0 Å². The second-order valence-electron chi connectivity index (χ2n) is 8.13. The average Bonchev–Trinajstić information content (AvgIpc) is 3.16. The molecule has 5 rings (SSSR count). The van der Waals surface area contributed by atoms with Crippen molar-refractivity contribution in [1.29, 1.82) is 0 Å². The number of hydrogen-bond donors (Lipinski definition) is 0. The Morgan fingerprint density at radius 3 is 2.31 bits per heavy atom. The van der Waals surface area contributed by atoms with Gasteiger partial charge in [0, 0.05) is 0 Å². The summed E-state index contributed by atoms with van der Waals surface area (Å²) in [5.41, 5.74) is 1.90. The average molecular weight is 500 g/mol. The lowest BCUT2D eigenvalue weighted by atomic mass is 10.1. The van der Waals surface area contributed by atoms with Crippen molar-refractivity contribution in [2.45, 2.75) is 6.61 Å². The van der Waals surface area contributed by atoms with Crippen LogP contribution in [-0.4, -0.2) is 29.2 Å². The van der Waals surface area contributed by atoms with Crippen molar-refractivity contribution in [3.63, 3.8) is 0 Å². The highest BCUT2D eigenvalue weighted by atomic mass is 32.2. The van der Waals surface area contributed by atoms with E-state index in [1.54, 1.807) is 6.08 Å². The molecule has 0 spiro atoms. The molecule has 1 saturated heterocycles. The Morgan fingerprint density at radius 1 is 0.806 bits per heavy atom. The molecule has 5 nitrogen and oxygen atoms in total. The second kappa shape index (κ2) is 10.7. The second-order valence-corrected chi connectivity index (χ2v) is 9.12. The van der Waals surface area contributed by atoms with Gasteiger partial charge in [0.25, 0.3) is 11.1 Å². The first-order chi connectivity index (χ1) is 17.6. The molecule has 1 aliphatic rings. The van der Waals surface area contributed by atoms with Crippen molar-refractivity contribution in [2.75, 3.05) is 13.2 Å². The highest BCUT2D eigenvalue weighted by Gasteiger charge is 2.34.